The Balaban J connectivity index is 2.41. The van der Waals surface area contributed by atoms with Crippen molar-refractivity contribution >= 4 is 6.09 Å². The Morgan fingerprint density at radius 2 is 2.12 bits per heavy atom. The van der Waals surface area contributed by atoms with E-state index in [1.54, 1.807) is 0 Å². The van der Waals surface area contributed by atoms with Crippen LogP contribution in [0.5, 0.6) is 0 Å². The van der Waals surface area contributed by atoms with Crippen molar-refractivity contribution in [2.75, 3.05) is 0 Å². The fourth-order valence-electron chi connectivity index (χ4n) is 1.57. The van der Waals surface area contributed by atoms with Crippen molar-refractivity contribution in [2.24, 2.45) is 0 Å². The van der Waals surface area contributed by atoms with Gasteiger partial charge in [0.2, 0.25) is 0 Å². The molecule has 0 aromatic carbocycles. The standard InChI is InChI=1S/C10H17F2NO3/c1-10(2,8(11)12)16-9(15)13-6-4-3-5-7(6)14/h6-8,14H,3-5H2,1-2H3,(H,13,15). The van der Waals surface area contributed by atoms with Crippen molar-refractivity contribution in [1.82, 2.24) is 5.32 Å². The molecule has 0 aromatic rings. The fourth-order valence-corrected chi connectivity index (χ4v) is 1.57. The number of aliphatic hydroxyl groups excluding tert-OH is 1. The molecule has 1 aliphatic rings. The number of alkyl halides is 2. The summed E-state index contributed by atoms with van der Waals surface area (Å²) < 4.78 is 29.4. The number of rotatable bonds is 3. The molecule has 1 aliphatic carbocycles. The molecule has 2 atom stereocenters. The number of aliphatic hydroxyl groups is 1. The van der Waals surface area contributed by atoms with Crippen molar-refractivity contribution < 1.29 is 23.4 Å². The van der Waals surface area contributed by atoms with Gasteiger partial charge in [-0.05, 0) is 33.1 Å². The second-order valence-corrected chi connectivity index (χ2v) is 4.54. The number of halogens is 2. The second kappa shape index (κ2) is 4.95. The highest BCUT2D eigenvalue weighted by Gasteiger charge is 2.35. The molecule has 0 radical (unpaired) electrons. The maximum Gasteiger partial charge on any atom is 0.408 e. The minimum absolute atomic E-state index is 0.388. The molecule has 94 valence electrons. The van der Waals surface area contributed by atoms with Crippen molar-refractivity contribution in [3.05, 3.63) is 0 Å². The van der Waals surface area contributed by atoms with Gasteiger partial charge in [0.05, 0.1) is 12.1 Å². The Morgan fingerprint density at radius 3 is 2.56 bits per heavy atom. The molecule has 16 heavy (non-hydrogen) atoms. The molecule has 2 unspecified atom stereocenters. The maximum absolute atomic E-state index is 12.4. The van der Waals surface area contributed by atoms with Gasteiger partial charge in [-0.3, -0.25) is 0 Å². The van der Waals surface area contributed by atoms with Crippen LogP contribution in [0.15, 0.2) is 0 Å². The van der Waals surface area contributed by atoms with Gasteiger partial charge in [0.25, 0.3) is 6.43 Å². The van der Waals surface area contributed by atoms with E-state index in [1.807, 2.05) is 0 Å². The van der Waals surface area contributed by atoms with Gasteiger partial charge in [-0.1, -0.05) is 0 Å². The summed E-state index contributed by atoms with van der Waals surface area (Å²) in [5.74, 6) is 0. The zero-order valence-electron chi connectivity index (χ0n) is 9.37. The summed E-state index contributed by atoms with van der Waals surface area (Å²) >= 11 is 0. The largest absolute Gasteiger partial charge is 0.437 e. The lowest BCUT2D eigenvalue weighted by Gasteiger charge is -2.25. The molecule has 2 N–H and O–H groups in total. The zero-order chi connectivity index (χ0) is 12.3. The van der Waals surface area contributed by atoms with E-state index in [0.29, 0.717) is 12.8 Å². The molecule has 6 heteroatoms. The third-order valence-corrected chi connectivity index (χ3v) is 2.66. The van der Waals surface area contributed by atoms with Crippen LogP contribution in [0.3, 0.4) is 0 Å². The molecular weight excluding hydrogens is 220 g/mol. The van der Waals surface area contributed by atoms with E-state index >= 15 is 0 Å². The van der Waals surface area contributed by atoms with E-state index < -0.39 is 24.2 Å². The van der Waals surface area contributed by atoms with E-state index in [2.05, 4.69) is 10.1 Å². The third kappa shape index (κ3) is 3.30. The number of ether oxygens (including phenoxy) is 1. The SMILES string of the molecule is CC(C)(OC(=O)NC1CCCC1O)C(F)F. The predicted octanol–water partition coefficient (Wildman–Crippen LogP) is 1.67. The highest BCUT2D eigenvalue weighted by molar-refractivity contribution is 5.68. The molecule has 0 bridgehead atoms. The Labute approximate surface area is 93.0 Å². The first-order valence-corrected chi connectivity index (χ1v) is 5.28. The quantitative estimate of drug-likeness (QED) is 0.785. The van der Waals surface area contributed by atoms with Gasteiger partial charge in [0, 0.05) is 0 Å². The summed E-state index contributed by atoms with van der Waals surface area (Å²) in [6.07, 6.45) is -2.19. The van der Waals surface area contributed by atoms with Gasteiger partial charge in [-0.2, -0.15) is 0 Å². The first-order chi connectivity index (χ1) is 7.33. The van der Waals surface area contributed by atoms with Crippen molar-refractivity contribution in [3.63, 3.8) is 0 Å². The number of alkyl carbamates (subject to hydrolysis) is 1. The molecule has 0 heterocycles. The van der Waals surface area contributed by atoms with Crippen molar-refractivity contribution in [3.8, 4) is 0 Å². The normalized spacial score (nSPS) is 25.9. The third-order valence-electron chi connectivity index (χ3n) is 2.66. The number of amides is 1. The summed E-state index contributed by atoms with van der Waals surface area (Å²) in [5, 5.41) is 11.8. The number of hydrogen-bond acceptors (Lipinski definition) is 3. The Kier molecular flexibility index (Phi) is 4.07. The van der Waals surface area contributed by atoms with Gasteiger partial charge in [-0.25, -0.2) is 13.6 Å². The molecule has 0 aliphatic heterocycles. The van der Waals surface area contributed by atoms with Crippen LogP contribution in [0, 0.1) is 0 Å². The monoisotopic (exact) mass is 237 g/mol. The fraction of sp³-hybridized carbons (Fsp3) is 0.900. The van der Waals surface area contributed by atoms with Gasteiger partial charge in [0.1, 0.15) is 0 Å². The minimum Gasteiger partial charge on any atom is -0.437 e. The molecule has 1 fully saturated rings. The van der Waals surface area contributed by atoms with E-state index in [4.69, 9.17) is 0 Å². The van der Waals surface area contributed by atoms with E-state index in [1.165, 1.54) is 0 Å². The molecule has 0 saturated heterocycles. The van der Waals surface area contributed by atoms with E-state index in [9.17, 15) is 18.7 Å². The van der Waals surface area contributed by atoms with Crippen LogP contribution in [0.25, 0.3) is 0 Å². The summed E-state index contributed by atoms with van der Waals surface area (Å²) in [4.78, 5) is 11.3. The lowest BCUT2D eigenvalue weighted by molar-refractivity contribution is -0.0783. The van der Waals surface area contributed by atoms with Gasteiger partial charge in [0.15, 0.2) is 5.60 Å². The van der Waals surface area contributed by atoms with Crippen LogP contribution in [0.4, 0.5) is 13.6 Å². The summed E-state index contributed by atoms with van der Waals surface area (Å²) in [5.41, 5.74) is -1.81. The van der Waals surface area contributed by atoms with Crippen molar-refractivity contribution in [1.29, 1.82) is 0 Å². The first kappa shape index (κ1) is 13.2. The Bertz CT molecular complexity index is 258. The number of nitrogens with one attached hydrogen (secondary N) is 1. The summed E-state index contributed by atoms with van der Waals surface area (Å²) in [6, 6.07) is -0.388. The molecular formula is C10H17F2NO3. The first-order valence-electron chi connectivity index (χ1n) is 5.28. The average molecular weight is 237 g/mol. The van der Waals surface area contributed by atoms with E-state index in [0.717, 1.165) is 20.3 Å². The van der Waals surface area contributed by atoms with Crippen molar-refractivity contribution in [2.45, 2.75) is 57.3 Å². The van der Waals surface area contributed by atoms with Crippen LogP contribution in [-0.4, -0.2) is 35.4 Å². The van der Waals surface area contributed by atoms with Crippen LogP contribution >= 0.6 is 0 Å². The molecule has 1 rings (SSSR count). The van der Waals surface area contributed by atoms with E-state index in [-0.39, 0.29) is 6.04 Å². The second-order valence-electron chi connectivity index (χ2n) is 4.54. The topological polar surface area (TPSA) is 58.6 Å². The lowest BCUT2D eigenvalue weighted by atomic mass is 10.1. The molecule has 4 nitrogen and oxygen atoms in total. The lowest BCUT2D eigenvalue weighted by Crippen LogP contribution is -2.45. The Hall–Kier alpha value is -0.910. The average Bonchev–Trinajstić information content (AvgIpc) is 2.50. The van der Waals surface area contributed by atoms with Gasteiger partial charge >= 0.3 is 6.09 Å². The van der Waals surface area contributed by atoms with Crippen LogP contribution in [0.1, 0.15) is 33.1 Å². The highest BCUT2D eigenvalue weighted by atomic mass is 19.3. The predicted molar refractivity (Wildman–Crippen MR) is 53.3 cm³/mol. The molecule has 0 aromatic heterocycles. The maximum atomic E-state index is 12.4. The highest BCUT2D eigenvalue weighted by Crippen LogP contribution is 2.21. The van der Waals surface area contributed by atoms with Gasteiger partial charge < -0.3 is 15.2 Å². The zero-order valence-corrected chi connectivity index (χ0v) is 9.37. The van der Waals surface area contributed by atoms with Crippen LogP contribution in [-0.2, 0) is 4.74 Å². The van der Waals surface area contributed by atoms with Crippen LogP contribution in [0.2, 0.25) is 0 Å². The molecule has 0 spiro atoms. The Morgan fingerprint density at radius 1 is 1.50 bits per heavy atom. The summed E-state index contributed by atoms with van der Waals surface area (Å²) in [7, 11) is 0. The van der Waals surface area contributed by atoms with Crippen LogP contribution < -0.4 is 5.32 Å². The smallest absolute Gasteiger partial charge is 0.408 e. The number of hydrogen-bond donors (Lipinski definition) is 2. The molecule has 1 saturated carbocycles. The minimum atomic E-state index is -2.74. The van der Waals surface area contributed by atoms with Gasteiger partial charge in [-0.15, -0.1) is 0 Å². The number of carbonyl (C=O) groups is 1. The molecule has 1 amide bonds. The number of carbonyl (C=O) groups excluding carboxylic acids is 1. The summed E-state index contributed by atoms with van der Waals surface area (Å²) in [6.45, 7) is 2.28.